The highest BCUT2D eigenvalue weighted by Crippen LogP contribution is 2.27. The molecular weight excluding hydrogens is 234 g/mol. The highest BCUT2D eigenvalue weighted by Gasteiger charge is 2.25. The fourth-order valence-corrected chi connectivity index (χ4v) is 3.08. The number of likely N-dealkylation sites (N-methyl/N-ethyl adjacent to an activating group) is 1. The van der Waals surface area contributed by atoms with Gasteiger partial charge in [0.05, 0.1) is 0 Å². The van der Waals surface area contributed by atoms with E-state index in [0.717, 1.165) is 19.5 Å². The maximum absolute atomic E-state index is 5.65. The maximum Gasteiger partial charge on any atom is 0.0417 e. The van der Waals surface area contributed by atoms with E-state index in [1.807, 2.05) is 0 Å². The van der Waals surface area contributed by atoms with Crippen molar-refractivity contribution in [1.29, 1.82) is 0 Å². The van der Waals surface area contributed by atoms with E-state index in [2.05, 4.69) is 49.0 Å². The van der Waals surface area contributed by atoms with E-state index in [9.17, 15) is 0 Å². The van der Waals surface area contributed by atoms with E-state index in [-0.39, 0.29) is 0 Å². The van der Waals surface area contributed by atoms with Crippen molar-refractivity contribution in [3.05, 3.63) is 29.3 Å². The third-order valence-corrected chi connectivity index (χ3v) is 4.02. The van der Waals surface area contributed by atoms with Crippen LogP contribution in [0.3, 0.4) is 0 Å². The van der Waals surface area contributed by atoms with Gasteiger partial charge in [0.2, 0.25) is 0 Å². The van der Waals surface area contributed by atoms with Crippen LogP contribution in [0.15, 0.2) is 18.2 Å². The monoisotopic (exact) mass is 261 g/mol. The Bertz CT molecular complexity index is 414. The van der Waals surface area contributed by atoms with Gasteiger partial charge in [0.15, 0.2) is 0 Å². The molecule has 1 aromatic carbocycles. The lowest BCUT2D eigenvalue weighted by Gasteiger charge is -2.29. The van der Waals surface area contributed by atoms with Gasteiger partial charge in [-0.25, -0.2) is 0 Å². The summed E-state index contributed by atoms with van der Waals surface area (Å²) in [6, 6.07) is 7.52. The first-order valence-electron chi connectivity index (χ1n) is 7.33. The lowest BCUT2D eigenvalue weighted by molar-refractivity contribution is 0.372. The molecular formula is C16H27N3. The Labute approximate surface area is 117 Å². The fourth-order valence-electron chi connectivity index (χ4n) is 3.08. The molecule has 1 heterocycles. The summed E-state index contributed by atoms with van der Waals surface area (Å²) in [7, 11) is 4.32. The van der Waals surface area contributed by atoms with Crippen molar-refractivity contribution in [2.45, 2.75) is 32.2 Å². The molecule has 1 aliphatic heterocycles. The zero-order valence-corrected chi connectivity index (χ0v) is 12.5. The van der Waals surface area contributed by atoms with E-state index < -0.39 is 0 Å². The molecule has 1 saturated heterocycles. The van der Waals surface area contributed by atoms with Crippen LogP contribution in [-0.4, -0.2) is 44.7 Å². The molecule has 3 heteroatoms. The second-order valence-corrected chi connectivity index (χ2v) is 5.90. The lowest BCUT2D eigenvalue weighted by atomic mass is 10.0. The van der Waals surface area contributed by atoms with Crippen molar-refractivity contribution in [2.24, 2.45) is 5.73 Å². The minimum absolute atomic E-state index is 0.662. The smallest absolute Gasteiger partial charge is 0.0417 e. The third-order valence-electron chi connectivity index (χ3n) is 4.02. The molecule has 0 spiro atoms. The average Bonchev–Trinajstić information content (AvgIpc) is 2.79. The Morgan fingerprint density at radius 2 is 2.16 bits per heavy atom. The maximum atomic E-state index is 5.65. The van der Waals surface area contributed by atoms with Gasteiger partial charge in [-0.2, -0.15) is 0 Å². The highest BCUT2D eigenvalue weighted by atomic mass is 15.2. The number of benzene rings is 1. The van der Waals surface area contributed by atoms with Gasteiger partial charge in [-0.1, -0.05) is 6.07 Å². The summed E-state index contributed by atoms with van der Waals surface area (Å²) in [5, 5.41) is 0. The van der Waals surface area contributed by atoms with Crippen LogP contribution in [0, 0.1) is 6.92 Å². The number of hydrogen-bond donors (Lipinski definition) is 1. The number of nitrogens with two attached hydrogens (primary N) is 1. The molecule has 106 valence electrons. The minimum Gasteiger partial charge on any atom is -0.367 e. The Morgan fingerprint density at radius 1 is 1.37 bits per heavy atom. The summed E-state index contributed by atoms with van der Waals surface area (Å²) in [5.41, 5.74) is 9.79. The van der Waals surface area contributed by atoms with Crippen molar-refractivity contribution < 1.29 is 0 Å². The molecule has 1 aliphatic rings. The topological polar surface area (TPSA) is 32.5 Å². The first kappa shape index (κ1) is 14.4. The Kier molecular flexibility index (Phi) is 4.83. The summed E-state index contributed by atoms with van der Waals surface area (Å²) in [4.78, 5) is 4.86. The van der Waals surface area contributed by atoms with Gasteiger partial charge < -0.3 is 15.5 Å². The van der Waals surface area contributed by atoms with Gasteiger partial charge in [-0.05, 0) is 70.1 Å². The first-order valence-corrected chi connectivity index (χ1v) is 7.33. The largest absolute Gasteiger partial charge is 0.367 e. The quantitative estimate of drug-likeness (QED) is 0.880. The van der Waals surface area contributed by atoms with Gasteiger partial charge in [0, 0.05) is 24.8 Å². The molecule has 2 N–H and O–H groups in total. The Balaban J connectivity index is 2.14. The predicted octanol–water partition coefficient (Wildman–Crippen LogP) is 2.03. The summed E-state index contributed by atoms with van der Waals surface area (Å²) >= 11 is 0. The van der Waals surface area contributed by atoms with Crippen molar-refractivity contribution in [2.75, 3.05) is 38.6 Å². The highest BCUT2D eigenvalue weighted by molar-refractivity contribution is 5.52. The standard InChI is InChI=1S/C16H27N3/c1-13-11-15(7-6-14(13)8-9-17)19-10-4-5-16(19)12-18(2)3/h6-7,11,16H,4-5,8-10,12,17H2,1-3H3. The number of anilines is 1. The van der Waals surface area contributed by atoms with Crippen LogP contribution in [0.2, 0.25) is 0 Å². The van der Waals surface area contributed by atoms with E-state index in [4.69, 9.17) is 5.73 Å². The zero-order valence-electron chi connectivity index (χ0n) is 12.5. The average molecular weight is 261 g/mol. The van der Waals surface area contributed by atoms with Crippen LogP contribution >= 0.6 is 0 Å². The zero-order chi connectivity index (χ0) is 13.8. The van der Waals surface area contributed by atoms with E-state index >= 15 is 0 Å². The van der Waals surface area contributed by atoms with Crippen LogP contribution in [0.1, 0.15) is 24.0 Å². The predicted molar refractivity (Wildman–Crippen MR) is 82.9 cm³/mol. The number of hydrogen-bond acceptors (Lipinski definition) is 3. The Hall–Kier alpha value is -1.06. The molecule has 0 bridgehead atoms. The number of rotatable bonds is 5. The van der Waals surface area contributed by atoms with Crippen molar-refractivity contribution in [3.63, 3.8) is 0 Å². The summed E-state index contributed by atoms with van der Waals surface area (Å²) in [5.74, 6) is 0. The van der Waals surface area contributed by atoms with E-state index in [1.165, 1.54) is 36.2 Å². The van der Waals surface area contributed by atoms with Gasteiger partial charge in [-0.15, -0.1) is 0 Å². The normalized spacial score (nSPS) is 19.4. The van der Waals surface area contributed by atoms with E-state index in [0.29, 0.717) is 6.04 Å². The second-order valence-electron chi connectivity index (χ2n) is 5.90. The molecule has 1 unspecified atom stereocenters. The van der Waals surface area contributed by atoms with Crippen molar-refractivity contribution >= 4 is 5.69 Å². The van der Waals surface area contributed by atoms with Crippen LogP contribution in [0.5, 0.6) is 0 Å². The molecule has 2 rings (SSSR count). The van der Waals surface area contributed by atoms with Gasteiger partial charge in [-0.3, -0.25) is 0 Å². The minimum atomic E-state index is 0.662. The molecule has 0 saturated carbocycles. The van der Waals surface area contributed by atoms with Crippen molar-refractivity contribution in [3.8, 4) is 0 Å². The molecule has 19 heavy (non-hydrogen) atoms. The van der Waals surface area contributed by atoms with E-state index in [1.54, 1.807) is 0 Å². The fraction of sp³-hybridized carbons (Fsp3) is 0.625. The summed E-state index contributed by atoms with van der Waals surface area (Å²) in [6.45, 7) is 5.26. The third kappa shape index (κ3) is 3.48. The summed E-state index contributed by atoms with van der Waals surface area (Å²) < 4.78 is 0. The molecule has 1 fully saturated rings. The summed E-state index contributed by atoms with van der Waals surface area (Å²) in [6.07, 6.45) is 3.59. The number of nitrogens with zero attached hydrogens (tertiary/aromatic N) is 2. The van der Waals surface area contributed by atoms with Gasteiger partial charge in [0.25, 0.3) is 0 Å². The van der Waals surface area contributed by atoms with Crippen LogP contribution in [0.25, 0.3) is 0 Å². The second kappa shape index (κ2) is 6.40. The lowest BCUT2D eigenvalue weighted by Crippen LogP contribution is -2.37. The number of aryl methyl sites for hydroxylation is 1. The Morgan fingerprint density at radius 3 is 2.79 bits per heavy atom. The molecule has 0 amide bonds. The van der Waals surface area contributed by atoms with Gasteiger partial charge >= 0.3 is 0 Å². The molecule has 3 nitrogen and oxygen atoms in total. The molecule has 0 aromatic heterocycles. The SMILES string of the molecule is Cc1cc(N2CCCC2CN(C)C)ccc1CCN. The van der Waals surface area contributed by atoms with Gasteiger partial charge in [0.1, 0.15) is 0 Å². The van der Waals surface area contributed by atoms with Crippen molar-refractivity contribution in [1.82, 2.24) is 4.90 Å². The molecule has 1 aromatic rings. The molecule has 1 atom stereocenters. The van der Waals surface area contributed by atoms with Crippen LogP contribution in [0.4, 0.5) is 5.69 Å². The van der Waals surface area contributed by atoms with Crippen LogP contribution in [-0.2, 0) is 6.42 Å². The van der Waals surface area contributed by atoms with Crippen LogP contribution < -0.4 is 10.6 Å². The molecule has 0 aliphatic carbocycles. The first-order chi connectivity index (χ1) is 9.11. The molecule has 0 radical (unpaired) electrons.